The lowest BCUT2D eigenvalue weighted by molar-refractivity contribution is -0.113. The van der Waals surface area contributed by atoms with Gasteiger partial charge in [-0.15, -0.1) is 28.1 Å². The number of nitriles is 1. The van der Waals surface area contributed by atoms with Crippen LogP contribution >= 0.6 is 23.1 Å². The summed E-state index contributed by atoms with van der Waals surface area (Å²) in [7, 11) is 1.64. The molecule has 1 atom stereocenters. The Hall–Kier alpha value is -3.09. The Morgan fingerprint density at radius 1 is 1.35 bits per heavy atom. The van der Waals surface area contributed by atoms with E-state index in [-0.39, 0.29) is 17.1 Å². The summed E-state index contributed by atoms with van der Waals surface area (Å²) in [4.78, 5) is 14.1. The summed E-state index contributed by atoms with van der Waals surface area (Å²) in [5, 5.41) is 22.9. The fraction of sp³-hybridized carbons (Fsp3) is 0.429. The van der Waals surface area contributed by atoms with Gasteiger partial charge < -0.3 is 14.6 Å². The number of aromatic nitrogens is 3. The van der Waals surface area contributed by atoms with Crippen LogP contribution < -0.4 is 10.1 Å². The number of carbonyl (C=O) groups is 1. The minimum absolute atomic E-state index is 0.155. The quantitative estimate of drug-likeness (QED) is 0.272. The van der Waals surface area contributed by atoms with Crippen molar-refractivity contribution < 1.29 is 9.53 Å². The van der Waals surface area contributed by atoms with E-state index in [0.717, 1.165) is 42.0 Å². The van der Waals surface area contributed by atoms with Crippen molar-refractivity contribution in [1.29, 1.82) is 5.26 Å². The van der Waals surface area contributed by atoms with Gasteiger partial charge in [0.05, 0.1) is 18.4 Å². The molecule has 1 unspecified atom stereocenters. The maximum absolute atomic E-state index is 12.9. The summed E-state index contributed by atoms with van der Waals surface area (Å²) >= 11 is 2.89. The third kappa shape index (κ3) is 6.25. The number of thiophene rings is 1. The highest BCUT2D eigenvalue weighted by molar-refractivity contribution is 7.99. The molecule has 1 aromatic carbocycles. The Bertz CT molecular complexity index is 1310. The largest absolute Gasteiger partial charge is 0.497 e. The first kappa shape index (κ1) is 27.0. The Morgan fingerprint density at radius 2 is 2.11 bits per heavy atom. The molecule has 194 valence electrons. The molecular formula is C28H33N5O2S2. The summed E-state index contributed by atoms with van der Waals surface area (Å²) in [6.07, 6.45) is 5.33. The first-order valence-corrected chi connectivity index (χ1v) is 14.2. The number of rotatable bonds is 9. The predicted octanol–water partition coefficient (Wildman–Crippen LogP) is 5.88. The Morgan fingerprint density at radius 3 is 2.76 bits per heavy atom. The highest BCUT2D eigenvalue weighted by Crippen LogP contribution is 2.44. The fourth-order valence-corrected chi connectivity index (χ4v) is 6.68. The second-order valence-electron chi connectivity index (χ2n) is 10.3. The number of anilines is 1. The van der Waals surface area contributed by atoms with Crippen molar-refractivity contribution in [3.05, 3.63) is 64.3 Å². The zero-order valence-corrected chi connectivity index (χ0v) is 23.5. The molecule has 0 saturated carbocycles. The number of ether oxygens (including phenoxy) is 1. The molecule has 4 rings (SSSR count). The van der Waals surface area contributed by atoms with Crippen molar-refractivity contribution >= 4 is 34.0 Å². The smallest absolute Gasteiger partial charge is 0.235 e. The number of hydrogen-bond acceptors (Lipinski definition) is 7. The highest BCUT2D eigenvalue weighted by atomic mass is 32.2. The van der Waals surface area contributed by atoms with Crippen LogP contribution in [-0.4, -0.2) is 33.5 Å². The van der Waals surface area contributed by atoms with Crippen LogP contribution in [0, 0.1) is 22.7 Å². The molecule has 0 bridgehead atoms. The van der Waals surface area contributed by atoms with Gasteiger partial charge in [-0.1, -0.05) is 50.7 Å². The molecule has 0 spiro atoms. The molecule has 1 aliphatic carbocycles. The molecular weight excluding hydrogens is 502 g/mol. The van der Waals surface area contributed by atoms with Gasteiger partial charge in [-0.05, 0) is 53.9 Å². The van der Waals surface area contributed by atoms with E-state index in [4.69, 9.17) is 4.74 Å². The number of thioether (sulfide) groups is 1. The van der Waals surface area contributed by atoms with Crippen LogP contribution in [0.5, 0.6) is 5.75 Å². The van der Waals surface area contributed by atoms with Crippen molar-refractivity contribution in [3.8, 4) is 11.8 Å². The molecule has 9 heteroatoms. The number of allylic oxidation sites excluding steroid dienone is 1. The van der Waals surface area contributed by atoms with Crippen LogP contribution in [0.4, 0.5) is 5.00 Å². The lowest BCUT2D eigenvalue weighted by atomic mass is 9.72. The predicted molar refractivity (Wildman–Crippen MR) is 149 cm³/mol. The number of methoxy groups -OCH3 is 1. The van der Waals surface area contributed by atoms with Crippen LogP contribution in [-0.2, 0) is 30.6 Å². The van der Waals surface area contributed by atoms with E-state index < -0.39 is 0 Å². The minimum atomic E-state index is -0.155. The van der Waals surface area contributed by atoms with E-state index in [9.17, 15) is 10.1 Å². The molecule has 2 heterocycles. The van der Waals surface area contributed by atoms with Crippen molar-refractivity contribution in [1.82, 2.24) is 14.8 Å². The molecule has 3 aromatic rings. The molecule has 1 N–H and O–H groups in total. The third-order valence-electron chi connectivity index (χ3n) is 6.81. The average molecular weight is 536 g/mol. The minimum Gasteiger partial charge on any atom is -0.497 e. The van der Waals surface area contributed by atoms with E-state index in [2.05, 4.69) is 48.9 Å². The lowest BCUT2D eigenvalue weighted by Gasteiger charge is -2.33. The second-order valence-corrected chi connectivity index (χ2v) is 12.3. The molecule has 0 fully saturated rings. The second kappa shape index (κ2) is 11.5. The summed E-state index contributed by atoms with van der Waals surface area (Å²) in [6.45, 7) is 11.2. The number of amides is 1. The molecule has 0 radical (unpaired) electrons. The zero-order chi connectivity index (χ0) is 26.6. The lowest BCUT2D eigenvalue weighted by Crippen LogP contribution is -2.26. The summed E-state index contributed by atoms with van der Waals surface area (Å²) in [6, 6.07) is 10.2. The number of benzene rings is 1. The first-order valence-electron chi connectivity index (χ1n) is 12.4. The van der Waals surface area contributed by atoms with Gasteiger partial charge in [-0.25, -0.2) is 0 Å². The summed E-state index contributed by atoms with van der Waals surface area (Å²) in [5.41, 5.74) is 3.06. The zero-order valence-electron chi connectivity index (χ0n) is 21.8. The summed E-state index contributed by atoms with van der Waals surface area (Å²) in [5.74, 6) is 2.21. The number of fused-ring (bicyclic) bond motifs is 1. The molecule has 37 heavy (non-hydrogen) atoms. The number of hydrogen-bond donors (Lipinski definition) is 1. The van der Waals surface area contributed by atoms with Crippen LogP contribution in [0.1, 0.15) is 54.6 Å². The molecule has 0 aliphatic heterocycles. The maximum Gasteiger partial charge on any atom is 0.235 e. The van der Waals surface area contributed by atoms with Crippen molar-refractivity contribution in [3.63, 3.8) is 0 Å². The van der Waals surface area contributed by atoms with Crippen LogP contribution in [0.25, 0.3) is 0 Å². The van der Waals surface area contributed by atoms with E-state index in [1.807, 2.05) is 28.8 Å². The van der Waals surface area contributed by atoms with Gasteiger partial charge in [0.2, 0.25) is 5.91 Å². The van der Waals surface area contributed by atoms with Gasteiger partial charge >= 0.3 is 0 Å². The van der Waals surface area contributed by atoms with E-state index >= 15 is 0 Å². The topological polar surface area (TPSA) is 92.8 Å². The number of nitrogens with zero attached hydrogens (tertiary/aromatic N) is 4. The Balaban J connectivity index is 1.43. The molecule has 1 aliphatic rings. The molecule has 1 amide bonds. The van der Waals surface area contributed by atoms with Crippen molar-refractivity contribution in [2.75, 3.05) is 18.2 Å². The van der Waals surface area contributed by atoms with Gasteiger partial charge in [0, 0.05) is 17.8 Å². The maximum atomic E-state index is 12.9. The molecule has 7 nitrogen and oxygen atoms in total. The van der Waals surface area contributed by atoms with Crippen LogP contribution in [0.15, 0.2) is 42.1 Å². The SMILES string of the molecule is C=CCn1c(Cc2ccc(OC)cc2)nnc1SCC(=O)Nc1sc2c(c1C#N)CCC(C(C)(C)C)C2. The fourth-order valence-electron chi connectivity index (χ4n) is 4.62. The van der Waals surface area contributed by atoms with Gasteiger partial charge in [0.1, 0.15) is 22.6 Å². The molecule has 2 aromatic heterocycles. The third-order valence-corrected chi connectivity index (χ3v) is 8.95. The first-order chi connectivity index (χ1) is 17.7. The van der Waals surface area contributed by atoms with E-state index in [0.29, 0.717) is 34.6 Å². The van der Waals surface area contributed by atoms with Crippen molar-refractivity contribution in [2.24, 2.45) is 11.3 Å². The van der Waals surface area contributed by atoms with Gasteiger partial charge in [-0.2, -0.15) is 5.26 Å². The monoisotopic (exact) mass is 535 g/mol. The molecule has 0 saturated heterocycles. The summed E-state index contributed by atoms with van der Waals surface area (Å²) < 4.78 is 7.21. The van der Waals surface area contributed by atoms with Gasteiger partial charge in [0.15, 0.2) is 5.16 Å². The highest BCUT2D eigenvalue weighted by Gasteiger charge is 2.32. The number of nitrogens with one attached hydrogen (secondary N) is 1. The van der Waals surface area contributed by atoms with Crippen LogP contribution in [0.2, 0.25) is 0 Å². The normalized spacial score (nSPS) is 15.1. The number of carbonyl (C=O) groups excluding carboxylic acids is 1. The van der Waals surface area contributed by atoms with E-state index in [1.54, 1.807) is 24.5 Å². The Labute approximate surface area is 226 Å². The standard InChI is InChI=1S/C28H33N5O2S2/c1-6-13-33-24(14-18-7-10-20(35-5)11-8-18)31-32-27(33)36-17-25(34)30-26-22(16-29)21-12-9-19(28(2,3)4)15-23(21)37-26/h6-8,10-11,19H,1,9,12-15,17H2,2-5H3,(H,30,34). The Kier molecular flexibility index (Phi) is 8.40. The van der Waals surface area contributed by atoms with Gasteiger partial charge in [-0.3, -0.25) is 4.79 Å². The van der Waals surface area contributed by atoms with Gasteiger partial charge in [0.25, 0.3) is 0 Å². The average Bonchev–Trinajstić information content (AvgIpc) is 3.42. The van der Waals surface area contributed by atoms with Crippen LogP contribution in [0.3, 0.4) is 0 Å². The van der Waals surface area contributed by atoms with Crippen molar-refractivity contribution in [2.45, 2.75) is 58.2 Å². The van der Waals surface area contributed by atoms with E-state index in [1.165, 1.54) is 16.6 Å².